The molecule has 3 atom stereocenters. The van der Waals surface area contributed by atoms with Crippen molar-refractivity contribution in [3.63, 3.8) is 0 Å². The molecule has 0 aliphatic rings. The third-order valence-electron chi connectivity index (χ3n) is 3.96. The van der Waals surface area contributed by atoms with Crippen LogP contribution < -0.4 is 0 Å². The largest absolute Gasteiger partial charge is 0.382 e. The van der Waals surface area contributed by atoms with Crippen LogP contribution >= 0.6 is 0 Å². The van der Waals surface area contributed by atoms with Gasteiger partial charge in [0.1, 0.15) is 29.9 Å². The lowest BCUT2D eigenvalue weighted by Gasteiger charge is -2.35. The van der Waals surface area contributed by atoms with Gasteiger partial charge in [-0.05, 0) is 13.0 Å². The maximum absolute atomic E-state index is 14.3. The van der Waals surface area contributed by atoms with E-state index < -0.39 is 32.2 Å². The first-order valence-electron chi connectivity index (χ1n) is 6.80. The molecule has 23 heavy (non-hydrogen) atoms. The molecule has 9 heteroatoms. The van der Waals surface area contributed by atoms with E-state index in [2.05, 4.69) is 14.4 Å². The first kappa shape index (κ1) is 17.5. The number of aliphatic hydroxyl groups is 1. The van der Waals surface area contributed by atoms with Crippen molar-refractivity contribution < 1.29 is 18.1 Å². The average molecular weight is 344 g/mol. The molecule has 0 saturated carbocycles. The second kappa shape index (κ2) is 6.32. The molecular weight excluding hydrogens is 326 g/mol. The lowest BCUT2D eigenvalue weighted by molar-refractivity contribution is 0.0119. The summed E-state index contributed by atoms with van der Waals surface area (Å²) in [6.07, 6.45) is 3.99. The maximum atomic E-state index is 14.3. The number of benzene rings is 1. The average Bonchev–Trinajstić information content (AvgIpc) is 2.98. The first-order valence-corrected chi connectivity index (χ1v) is 8.78. The summed E-state index contributed by atoms with van der Waals surface area (Å²) in [5.74, 6) is -1.69. The van der Waals surface area contributed by atoms with Gasteiger partial charge in [-0.25, -0.2) is 27.0 Å². The van der Waals surface area contributed by atoms with Crippen molar-refractivity contribution in [2.45, 2.75) is 24.3 Å². The van der Waals surface area contributed by atoms with E-state index in [0.29, 0.717) is 6.07 Å². The van der Waals surface area contributed by atoms with Crippen LogP contribution in [0, 0.1) is 11.6 Å². The molecular formula is C14H18F2N4O2S. The topological polar surface area (TPSA) is 80.4 Å². The third kappa shape index (κ3) is 3.40. The van der Waals surface area contributed by atoms with Crippen molar-refractivity contribution in [3.8, 4) is 0 Å². The van der Waals surface area contributed by atoms with Crippen LogP contribution in [0.1, 0.15) is 12.5 Å². The van der Waals surface area contributed by atoms with E-state index in [1.54, 1.807) is 0 Å². The minimum atomic E-state index is -2.83. The molecule has 0 radical (unpaired) electrons. The van der Waals surface area contributed by atoms with Crippen LogP contribution in [-0.2, 0) is 21.9 Å². The predicted molar refractivity (Wildman–Crippen MR) is 82.2 cm³/mol. The van der Waals surface area contributed by atoms with Crippen LogP contribution in [0.15, 0.2) is 35.2 Å². The zero-order valence-corrected chi connectivity index (χ0v) is 13.8. The van der Waals surface area contributed by atoms with Crippen LogP contribution in [0.5, 0.6) is 0 Å². The Balaban J connectivity index is 2.61. The van der Waals surface area contributed by atoms with Gasteiger partial charge >= 0.3 is 0 Å². The number of nitrogens with zero attached hydrogens (tertiary/aromatic N) is 4. The van der Waals surface area contributed by atoms with Crippen LogP contribution in [0.4, 0.5) is 8.78 Å². The minimum Gasteiger partial charge on any atom is -0.382 e. The summed E-state index contributed by atoms with van der Waals surface area (Å²) >= 11 is 0. The minimum absolute atomic E-state index is 0.167. The Morgan fingerprint density at radius 1 is 1.48 bits per heavy atom. The summed E-state index contributed by atoms with van der Waals surface area (Å²) < 4.78 is 45.2. The SMILES string of the molecule is CN=[S@](C)(=O)[C@H](C)[C@](O)(Cn1cncn1)c1ccc(F)cc1F. The van der Waals surface area contributed by atoms with E-state index in [4.69, 9.17) is 0 Å². The molecule has 1 heterocycles. The van der Waals surface area contributed by atoms with Gasteiger partial charge in [-0.15, -0.1) is 0 Å². The lowest BCUT2D eigenvalue weighted by Crippen LogP contribution is -2.46. The molecule has 1 aromatic carbocycles. The number of rotatable bonds is 5. The van der Waals surface area contributed by atoms with Crippen molar-refractivity contribution in [1.82, 2.24) is 14.8 Å². The molecule has 0 aliphatic heterocycles. The van der Waals surface area contributed by atoms with E-state index in [-0.39, 0.29) is 12.1 Å². The highest BCUT2D eigenvalue weighted by molar-refractivity contribution is 7.93. The van der Waals surface area contributed by atoms with Crippen molar-refractivity contribution in [2.24, 2.45) is 4.36 Å². The van der Waals surface area contributed by atoms with E-state index in [9.17, 15) is 18.1 Å². The van der Waals surface area contributed by atoms with E-state index in [1.807, 2.05) is 0 Å². The highest BCUT2D eigenvalue weighted by Crippen LogP contribution is 2.33. The van der Waals surface area contributed by atoms with Gasteiger partial charge in [-0.1, -0.05) is 6.07 Å². The Bertz CT molecular complexity index is 803. The summed E-state index contributed by atoms with van der Waals surface area (Å²) in [7, 11) is -1.46. The van der Waals surface area contributed by atoms with Crippen molar-refractivity contribution >= 4 is 9.73 Å². The summed E-state index contributed by atoms with van der Waals surface area (Å²) in [6, 6.07) is 2.86. The number of hydrogen-bond donors (Lipinski definition) is 1. The Kier molecular flexibility index (Phi) is 4.81. The second-order valence-corrected chi connectivity index (χ2v) is 8.12. The fourth-order valence-electron chi connectivity index (χ4n) is 2.35. The predicted octanol–water partition coefficient (Wildman–Crippen LogP) is 1.56. The summed E-state index contributed by atoms with van der Waals surface area (Å²) in [5.41, 5.74) is -2.07. The van der Waals surface area contributed by atoms with Crippen LogP contribution in [0.3, 0.4) is 0 Å². The molecule has 0 unspecified atom stereocenters. The summed E-state index contributed by atoms with van der Waals surface area (Å²) in [6.45, 7) is 1.31. The normalized spacial score (nSPS) is 18.0. The maximum Gasteiger partial charge on any atom is 0.137 e. The van der Waals surface area contributed by atoms with Gasteiger partial charge in [0.05, 0.1) is 11.8 Å². The molecule has 0 amide bonds. The van der Waals surface area contributed by atoms with Crippen LogP contribution in [-0.4, -0.2) is 42.6 Å². The molecule has 0 aliphatic carbocycles. The molecule has 1 N–H and O–H groups in total. The fraction of sp³-hybridized carbons (Fsp3) is 0.429. The zero-order valence-electron chi connectivity index (χ0n) is 13.0. The zero-order chi connectivity index (χ0) is 17.3. The number of aromatic nitrogens is 3. The molecule has 126 valence electrons. The van der Waals surface area contributed by atoms with Crippen molar-refractivity contribution in [2.75, 3.05) is 13.3 Å². The molecule has 0 saturated heterocycles. The standard InChI is InChI=1S/C14H18F2N4O2S/c1-10(23(3,22)17-2)14(21,7-20-9-18-8-19-20)12-5-4-11(15)6-13(12)16/h4-6,8-10,21H,7H2,1-3H3/t10-,14-,23-/m1/s1. The molecule has 0 fully saturated rings. The molecule has 0 spiro atoms. The third-order valence-corrected chi connectivity index (χ3v) is 6.39. The molecule has 1 aromatic heterocycles. The summed E-state index contributed by atoms with van der Waals surface area (Å²) in [5, 5.41) is 14.1. The quantitative estimate of drug-likeness (QED) is 0.893. The van der Waals surface area contributed by atoms with Crippen molar-refractivity contribution in [3.05, 3.63) is 48.1 Å². The molecule has 6 nitrogen and oxygen atoms in total. The van der Waals surface area contributed by atoms with Crippen molar-refractivity contribution in [1.29, 1.82) is 0 Å². The Morgan fingerprint density at radius 3 is 2.70 bits per heavy atom. The van der Waals surface area contributed by atoms with Crippen LogP contribution in [0.2, 0.25) is 0 Å². The van der Waals surface area contributed by atoms with Gasteiger partial charge < -0.3 is 5.11 Å². The Hall–Kier alpha value is -1.87. The summed E-state index contributed by atoms with van der Waals surface area (Å²) in [4.78, 5) is 3.77. The Labute approximate surface area is 133 Å². The van der Waals surface area contributed by atoms with Gasteiger partial charge in [0.2, 0.25) is 0 Å². The van der Waals surface area contributed by atoms with Gasteiger partial charge in [0, 0.05) is 34.7 Å². The number of halogens is 2. The second-order valence-electron chi connectivity index (χ2n) is 5.33. The molecule has 0 bridgehead atoms. The van der Waals surface area contributed by atoms with Gasteiger partial charge in [-0.3, -0.25) is 0 Å². The molecule has 2 rings (SSSR count). The van der Waals surface area contributed by atoms with Gasteiger partial charge in [0.25, 0.3) is 0 Å². The monoisotopic (exact) mass is 344 g/mol. The number of hydrogen-bond acceptors (Lipinski definition) is 5. The Morgan fingerprint density at radius 2 is 2.17 bits per heavy atom. The molecule has 2 aromatic rings. The fourth-order valence-corrected chi connectivity index (χ4v) is 3.60. The van der Waals surface area contributed by atoms with E-state index in [0.717, 1.165) is 12.1 Å². The van der Waals surface area contributed by atoms with Crippen LogP contribution in [0.25, 0.3) is 0 Å². The lowest BCUT2D eigenvalue weighted by atomic mass is 9.90. The van der Waals surface area contributed by atoms with Gasteiger partial charge in [0.15, 0.2) is 0 Å². The first-order chi connectivity index (χ1) is 10.7. The van der Waals surface area contributed by atoms with Gasteiger partial charge in [-0.2, -0.15) is 5.10 Å². The highest BCUT2D eigenvalue weighted by atomic mass is 32.2. The van der Waals surface area contributed by atoms with E-state index >= 15 is 0 Å². The smallest absolute Gasteiger partial charge is 0.137 e. The highest BCUT2D eigenvalue weighted by Gasteiger charge is 2.43. The van der Waals surface area contributed by atoms with E-state index in [1.165, 1.54) is 37.6 Å².